The second kappa shape index (κ2) is 6.17. The maximum absolute atomic E-state index is 9.00. The van der Waals surface area contributed by atoms with Crippen LogP contribution in [-0.4, -0.2) is 11.1 Å². The SMILES string of the molecule is CC(=O)O.N#Cc1ccc(CN)s1. The Morgan fingerprint density at radius 1 is 1.77 bits per heavy atom. The summed E-state index contributed by atoms with van der Waals surface area (Å²) in [5.41, 5.74) is 5.32. The maximum Gasteiger partial charge on any atom is 0.300 e. The van der Waals surface area contributed by atoms with E-state index < -0.39 is 5.97 Å². The highest BCUT2D eigenvalue weighted by atomic mass is 32.1. The summed E-state index contributed by atoms with van der Waals surface area (Å²) in [5.74, 6) is -0.833. The summed E-state index contributed by atoms with van der Waals surface area (Å²) in [6.45, 7) is 1.62. The standard InChI is InChI=1S/C6H6N2S.C2H4O2/c7-3-5-1-2-6(4-8)9-5;1-2(3)4/h1-2H,3,7H2;1H3,(H,3,4). The Labute approximate surface area is 80.2 Å². The van der Waals surface area contributed by atoms with Crippen LogP contribution >= 0.6 is 11.3 Å². The molecule has 0 radical (unpaired) electrons. The number of aliphatic carboxylic acids is 1. The van der Waals surface area contributed by atoms with Gasteiger partial charge in [0, 0.05) is 18.3 Å². The van der Waals surface area contributed by atoms with Gasteiger partial charge in [-0.25, -0.2) is 0 Å². The van der Waals surface area contributed by atoms with E-state index in [-0.39, 0.29) is 0 Å². The zero-order chi connectivity index (χ0) is 10.3. The van der Waals surface area contributed by atoms with E-state index >= 15 is 0 Å². The molecule has 0 aliphatic carbocycles. The molecule has 0 spiro atoms. The number of nitrogens with two attached hydrogens (primary N) is 1. The molecule has 1 aromatic rings. The van der Waals surface area contributed by atoms with E-state index in [1.807, 2.05) is 12.1 Å². The van der Waals surface area contributed by atoms with E-state index in [1.165, 1.54) is 11.3 Å². The number of hydrogen-bond acceptors (Lipinski definition) is 4. The lowest BCUT2D eigenvalue weighted by molar-refractivity contribution is -0.134. The molecule has 1 aromatic heterocycles. The fourth-order valence-corrected chi connectivity index (χ4v) is 1.23. The fraction of sp³-hybridized carbons (Fsp3) is 0.250. The van der Waals surface area contributed by atoms with Gasteiger partial charge in [-0.3, -0.25) is 4.79 Å². The highest BCUT2D eigenvalue weighted by Crippen LogP contribution is 2.13. The average Bonchev–Trinajstić information content (AvgIpc) is 2.50. The Bertz CT molecular complexity index is 310. The van der Waals surface area contributed by atoms with Crippen LogP contribution in [0.15, 0.2) is 12.1 Å². The Hall–Kier alpha value is -1.38. The van der Waals surface area contributed by atoms with E-state index in [1.54, 1.807) is 6.07 Å². The lowest BCUT2D eigenvalue weighted by atomic mass is 10.4. The minimum Gasteiger partial charge on any atom is -0.481 e. The van der Waals surface area contributed by atoms with Gasteiger partial charge in [0.1, 0.15) is 10.9 Å². The molecule has 0 amide bonds. The molecule has 0 unspecified atom stereocenters. The summed E-state index contributed by atoms with van der Waals surface area (Å²) in [7, 11) is 0. The maximum atomic E-state index is 9.00. The molecule has 5 heteroatoms. The first-order chi connectivity index (χ1) is 6.10. The Balaban J connectivity index is 0.000000310. The predicted octanol–water partition coefficient (Wildman–Crippen LogP) is 1.17. The number of nitriles is 1. The minimum absolute atomic E-state index is 0.534. The van der Waals surface area contributed by atoms with Crippen LogP contribution in [-0.2, 0) is 11.3 Å². The van der Waals surface area contributed by atoms with Crippen molar-refractivity contribution in [2.24, 2.45) is 5.73 Å². The van der Waals surface area contributed by atoms with E-state index in [0.717, 1.165) is 16.7 Å². The van der Waals surface area contributed by atoms with Crippen molar-refractivity contribution in [1.82, 2.24) is 0 Å². The normalized spacial score (nSPS) is 8.08. The quantitative estimate of drug-likeness (QED) is 0.709. The second-order valence-corrected chi connectivity index (χ2v) is 3.27. The fourth-order valence-electron chi connectivity index (χ4n) is 0.548. The van der Waals surface area contributed by atoms with Crippen LogP contribution in [0, 0.1) is 11.3 Å². The highest BCUT2D eigenvalue weighted by molar-refractivity contribution is 7.12. The summed E-state index contributed by atoms with van der Waals surface area (Å²) in [6, 6.07) is 5.71. The van der Waals surface area contributed by atoms with Crippen LogP contribution in [0.25, 0.3) is 0 Å². The number of carboxylic acids is 1. The molecule has 0 saturated carbocycles. The monoisotopic (exact) mass is 198 g/mol. The number of carbonyl (C=O) groups is 1. The van der Waals surface area contributed by atoms with Crippen LogP contribution in [0.3, 0.4) is 0 Å². The van der Waals surface area contributed by atoms with E-state index in [2.05, 4.69) is 0 Å². The molecule has 0 aliphatic rings. The smallest absolute Gasteiger partial charge is 0.300 e. The van der Waals surface area contributed by atoms with Gasteiger partial charge in [0.2, 0.25) is 0 Å². The van der Waals surface area contributed by atoms with Crippen LogP contribution in [0.4, 0.5) is 0 Å². The van der Waals surface area contributed by atoms with Gasteiger partial charge in [0.05, 0.1) is 0 Å². The van der Waals surface area contributed by atoms with E-state index in [9.17, 15) is 0 Å². The molecular formula is C8H10N2O2S. The Morgan fingerprint density at radius 2 is 2.31 bits per heavy atom. The Morgan fingerprint density at radius 3 is 2.54 bits per heavy atom. The molecule has 0 fully saturated rings. The first-order valence-corrected chi connectivity index (χ1v) is 4.30. The van der Waals surface area contributed by atoms with Crippen molar-refractivity contribution in [3.63, 3.8) is 0 Å². The number of nitrogens with zero attached hydrogens (tertiary/aromatic N) is 1. The van der Waals surface area contributed by atoms with Gasteiger partial charge in [0.15, 0.2) is 0 Å². The molecule has 0 saturated heterocycles. The van der Waals surface area contributed by atoms with Gasteiger partial charge in [-0.05, 0) is 12.1 Å². The first-order valence-electron chi connectivity index (χ1n) is 3.48. The van der Waals surface area contributed by atoms with Gasteiger partial charge in [0.25, 0.3) is 5.97 Å². The third-order valence-corrected chi connectivity index (χ3v) is 1.99. The molecular weight excluding hydrogens is 188 g/mol. The van der Waals surface area contributed by atoms with Gasteiger partial charge in [-0.1, -0.05) is 0 Å². The minimum atomic E-state index is -0.833. The molecule has 3 N–H and O–H groups in total. The third kappa shape index (κ3) is 5.84. The van der Waals surface area contributed by atoms with Crippen LogP contribution in [0.1, 0.15) is 16.7 Å². The zero-order valence-corrected chi connectivity index (χ0v) is 7.97. The summed E-state index contributed by atoms with van der Waals surface area (Å²) < 4.78 is 0. The predicted molar refractivity (Wildman–Crippen MR) is 50.2 cm³/mol. The van der Waals surface area contributed by atoms with Crippen molar-refractivity contribution in [1.29, 1.82) is 5.26 Å². The molecule has 0 aromatic carbocycles. The number of carboxylic acid groups (broad SMARTS) is 1. The Kier molecular flexibility index (Phi) is 5.52. The molecule has 0 bridgehead atoms. The lowest BCUT2D eigenvalue weighted by Crippen LogP contribution is -1.90. The molecule has 13 heavy (non-hydrogen) atoms. The molecule has 1 rings (SSSR count). The van der Waals surface area contributed by atoms with Gasteiger partial charge in [-0.15, -0.1) is 11.3 Å². The number of rotatable bonds is 1. The zero-order valence-electron chi connectivity index (χ0n) is 7.15. The second-order valence-electron chi connectivity index (χ2n) is 2.10. The topological polar surface area (TPSA) is 87.1 Å². The first kappa shape index (κ1) is 11.6. The van der Waals surface area contributed by atoms with Crippen molar-refractivity contribution in [2.75, 3.05) is 0 Å². The highest BCUT2D eigenvalue weighted by Gasteiger charge is 1.94. The average molecular weight is 198 g/mol. The van der Waals surface area contributed by atoms with Crippen molar-refractivity contribution >= 4 is 17.3 Å². The molecule has 1 heterocycles. The van der Waals surface area contributed by atoms with Crippen LogP contribution < -0.4 is 5.73 Å². The summed E-state index contributed by atoms with van der Waals surface area (Å²) in [5, 5.41) is 15.8. The van der Waals surface area contributed by atoms with Crippen LogP contribution in [0.5, 0.6) is 0 Å². The number of hydrogen-bond donors (Lipinski definition) is 2. The largest absolute Gasteiger partial charge is 0.481 e. The van der Waals surface area contributed by atoms with Crippen LogP contribution in [0.2, 0.25) is 0 Å². The van der Waals surface area contributed by atoms with Gasteiger partial charge < -0.3 is 10.8 Å². The van der Waals surface area contributed by atoms with Crippen molar-refractivity contribution in [2.45, 2.75) is 13.5 Å². The summed E-state index contributed by atoms with van der Waals surface area (Å²) >= 11 is 1.45. The number of thiophene rings is 1. The van der Waals surface area contributed by atoms with Crippen molar-refractivity contribution in [3.8, 4) is 6.07 Å². The molecule has 0 aliphatic heterocycles. The van der Waals surface area contributed by atoms with Crippen molar-refractivity contribution in [3.05, 3.63) is 21.9 Å². The van der Waals surface area contributed by atoms with Gasteiger partial charge >= 0.3 is 0 Å². The summed E-state index contributed by atoms with van der Waals surface area (Å²) in [6.07, 6.45) is 0. The van der Waals surface area contributed by atoms with Crippen molar-refractivity contribution < 1.29 is 9.90 Å². The van der Waals surface area contributed by atoms with Gasteiger partial charge in [-0.2, -0.15) is 5.26 Å². The third-order valence-electron chi connectivity index (χ3n) is 0.973. The lowest BCUT2D eigenvalue weighted by Gasteiger charge is -1.80. The molecule has 0 atom stereocenters. The summed E-state index contributed by atoms with van der Waals surface area (Å²) in [4.78, 5) is 10.8. The van der Waals surface area contributed by atoms with E-state index in [4.69, 9.17) is 20.9 Å². The molecule has 70 valence electrons. The molecule has 4 nitrogen and oxygen atoms in total. The van der Waals surface area contributed by atoms with E-state index in [0.29, 0.717) is 6.54 Å².